The van der Waals surface area contributed by atoms with Gasteiger partial charge in [-0.1, -0.05) is 59.2 Å². The molecule has 0 bridgehead atoms. The molecule has 1 unspecified atom stereocenters. The number of pyridine rings is 1. The van der Waals surface area contributed by atoms with E-state index in [1.54, 1.807) is 13.0 Å². The molecule has 0 aliphatic carbocycles. The van der Waals surface area contributed by atoms with E-state index in [1.807, 2.05) is 18.2 Å². The highest BCUT2D eigenvalue weighted by Crippen LogP contribution is 2.42. The molecular formula is C23H33NO2. The van der Waals surface area contributed by atoms with Crippen molar-refractivity contribution in [3.8, 4) is 16.9 Å². The van der Waals surface area contributed by atoms with Gasteiger partial charge in [0.15, 0.2) is 0 Å². The van der Waals surface area contributed by atoms with Gasteiger partial charge < -0.3 is 10.2 Å². The zero-order chi connectivity index (χ0) is 19.4. The summed E-state index contributed by atoms with van der Waals surface area (Å²) in [6, 6.07) is 7.44. The number of aliphatic hydroxyl groups is 1. The molecule has 2 rings (SSSR count). The Bertz CT molecular complexity index is 748. The molecule has 3 heteroatoms. The van der Waals surface area contributed by atoms with Crippen molar-refractivity contribution in [1.29, 1.82) is 0 Å². The van der Waals surface area contributed by atoms with Crippen LogP contribution in [0.5, 0.6) is 5.75 Å². The molecule has 1 heterocycles. The molecule has 1 aromatic carbocycles. The van der Waals surface area contributed by atoms with Crippen LogP contribution in [0.25, 0.3) is 11.1 Å². The first kappa shape index (κ1) is 20.4. The van der Waals surface area contributed by atoms with Gasteiger partial charge in [-0.05, 0) is 48.8 Å². The minimum absolute atomic E-state index is 0.196. The molecule has 0 amide bonds. The Morgan fingerprint density at radius 1 is 0.962 bits per heavy atom. The van der Waals surface area contributed by atoms with E-state index < -0.39 is 6.10 Å². The molecule has 3 nitrogen and oxygen atoms in total. The summed E-state index contributed by atoms with van der Waals surface area (Å²) in [6.45, 7) is 12.5. The van der Waals surface area contributed by atoms with Crippen LogP contribution in [0.4, 0.5) is 0 Å². The molecule has 142 valence electrons. The van der Waals surface area contributed by atoms with Gasteiger partial charge in [-0.3, -0.25) is 4.98 Å². The second-order valence-corrected chi connectivity index (χ2v) is 7.76. The predicted molar refractivity (Wildman–Crippen MR) is 109 cm³/mol. The van der Waals surface area contributed by atoms with E-state index in [1.165, 1.54) is 5.56 Å². The Kier molecular flexibility index (Phi) is 6.82. The molecule has 0 saturated carbocycles. The van der Waals surface area contributed by atoms with Crippen molar-refractivity contribution in [3.63, 3.8) is 0 Å². The summed E-state index contributed by atoms with van der Waals surface area (Å²) >= 11 is 0. The molecule has 1 aromatic heterocycles. The third-order valence-corrected chi connectivity index (χ3v) is 4.86. The Morgan fingerprint density at radius 2 is 1.58 bits per heavy atom. The summed E-state index contributed by atoms with van der Waals surface area (Å²) in [6.07, 6.45) is 2.41. The van der Waals surface area contributed by atoms with Crippen molar-refractivity contribution in [3.05, 3.63) is 46.8 Å². The van der Waals surface area contributed by atoms with Gasteiger partial charge in [0.2, 0.25) is 0 Å². The number of nitrogens with zero attached hydrogens (tertiary/aromatic N) is 1. The monoisotopic (exact) mass is 355 g/mol. The number of benzene rings is 1. The van der Waals surface area contributed by atoms with Crippen molar-refractivity contribution in [2.45, 2.75) is 78.7 Å². The van der Waals surface area contributed by atoms with Crippen LogP contribution >= 0.6 is 0 Å². The van der Waals surface area contributed by atoms with Gasteiger partial charge in [0.05, 0.1) is 6.10 Å². The lowest BCUT2D eigenvalue weighted by atomic mass is 9.83. The van der Waals surface area contributed by atoms with Crippen LogP contribution in [-0.4, -0.2) is 15.2 Å². The maximum atomic E-state index is 10.6. The number of unbranched alkanes of at least 4 members (excludes halogenated alkanes) is 1. The van der Waals surface area contributed by atoms with Crippen LogP contribution in [0.15, 0.2) is 24.3 Å². The zero-order valence-corrected chi connectivity index (χ0v) is 17.0. The quantitative estimate of drug-likeness (QED) is 0.631. The fraction of sp³-hybridized carbons (Fsp3) is 0.522. The van der Waals surface area contributed by atoms with E-state index in [9.17, 15) is 10.2 Å². The minimum atomic E-state index is -0.643. The largest absolute Gasteiger partial charge is 0.507 e. The SMILES string of the molecule is CCCCc1c(C(C)C)nc(C(C)C)c(C(C)O)c1-c1ccccc1O. The summed E-state index contributed by atoms with van der Waals surface area (Å²) in [7, 11) is 0. The number of aliphatic hydroxyl groups excluding tert-OH is 1. The number of rotatable bonds is 7. The fourth-order valence-electron chi connectivity index (χ4n) is 3.62. The molecule has 0 radical (unpaired) electrons. The van der Waals surface area contributed by atoms with E-state index >= 15 is 0 Å². The molecule has 2 aromatic rings. The number of hydrogen-bond donors (Lipinski definition) is 2. The number of para-hydroxylation sites is 1. The minimum Gasteiger partial charge on any atom is -0.507 e. The predicted octanol–water partition coefficient (Wildman–Crippen LogP) is 6.10. The standard InChI is InChI=1S/C23H33NO2/c1-7-8-11-18-21(17-12-9-10-13-19(17)26)20(16(6)25)23(15(4)5)24-22(18)14(2)3/h9-10,12-16,25-26H,7-8,11H2,1-6H3. The lowest BCUT2D eigenvalue weighted by Crippen LogP contribution is -2.14. The van der Waals surface area contributed by atoms with Crippen LogP contribution < -0.4 is 0 Å². The maximum absolute atomic E-state index is 10.6. The first-order valence-electron chi connectivity index (χ1n) is 9.82. The number of phenols is 1. The smallest absolute Gasteiger partial charge is 0.123 e. The molecule has 2 N–H and O–H groups in total. The Labute approximate surface area is 158 Å². The highest BCUT2D eigenvalue weighted by molar-refractivity contribution is 5.78. The van der Waals surface area contributed by atoms with E-state index in [2.05, 4.69) is 34.6 Å². The summed E-state index contributed by atoms with van der Waals surface area (Å²) in [5.41, 5.74) is 5.82. The first-order valence-corrected chi connectivity index (χ1v) is 9.82. The van der Waals surface area contributed by atoms with E-state index in [4.69, 9.17) is 4.98 Å². The van der Waals surface area contributed by atoms with Crippen LogP contribution in [0.3, 0.4) is 0 Å². The molecule has 1 atom stereocenters. The van der Waals surface area contributed by atoms with Crippen LogP contribution in [0.1, 0.15) is 94.8 Å². The third kappa shape index (κ3) is 4.09. The van der Waals surface area contributed by atoms with Gasteiger partial charge in [0.25, 0.3) is 0 Å². The molecule has 0 spiro atoms. The van der Waals surface area contributed by atoms with E-state index in [-0.39, 0.29) is 17.6 Å². The van der Waals surface area contributed by atoms with Gasteiger partial charge in [0, 0.05) is 22.5 Å². The summed E-state index contributed by atoms with van der Waals surface area (Å²) in [5.74, 6) is 0.733. The van der Waals surface area contributed by atoms with Gasteiger partial charge >= 0.3 is 0 Å². The van der Waals surface area contributed by atoms with Crippen LogP contribution in [0, 0.1) is 0 Å². The Morgan fingerprint density at radius 3 is 2.08 bits per heavy atom. The average Bonchev–Trinajstić information content (AvgIpc) is 2.58. The van der Waals surface area contributed by atoms with Crippen molar-refractivity contribution >= 4 is 0 Å². The third-order valence-electron chi connectivity index (χ3n) is 4.86. The zero-order valence-electron chi connectivity index (χ0n) is 17.0. The molecular weight excluding hydrogens is 322 g/mol. The molecule has 0 aliphatic heterocycles. The summed E-state index contributed by atoms with van der Waals surface area (Å²) in [5, 5.41) is 21.2. The second-order valence-electron chi connectivity index (χ2n) is 7.76. The normalized spacial score (nSPS) is 12.8. The summed E-state index contributed by atoms with van der Waals surface area (Å²) in [4.78, 5) is 5.02. The van der Waals surface area contributed by atoms with Crippen molar-refractivity contribution in [2.24, 2.45) is 0 Å². The van der Waals surface area contributed by atoms with Crippen molar-refractivity contribution < 1.29 is 10.2 Å². The average molecular weight is 356 g/mol. The van der Waals surface area contributed by atoms with Gasteiger partial charge in [-0.15, -0.1) is 0 Å². The number of aromatic nitrogens is 1. The molecule has 0 fully saturated rings. The highest BCUT2D eigenvalue weighted by Gasteiger charge is 2.26. The van der Waals surface area contributed by atoms with E-state index in [0.717, 1.165) is 47.3 Å². The van der Waals surface area contributed by atoms with Gasteiger partial charge in [0.1, 0.15) is 5.75 Å². The number of hydrogen-bond acceptors (Lipinski definition) is 3. The lowest BCUT2D eigenvalue weighted by molar-refractivity contribution is 0.197. The van der Waals surface area contributed by atoms with Crippen molar-refractivity contribution in [2.75, 3.05) is 0 Å². The second kappa shape index (κ2) is 8.68. The summed E-state index contributed by atoms with van der Waals surface area (Å²) < 4.78 is 0. The lowest BCUT2D eigenvalue weighted by Gasteiger charge is -2.26. The fourth-order valence-corrected chi connectivity index (χ4v) is 3.62. The van der Waals surface area contributed by atoms with Gasteiger partial charge in [-0.25, -0.2) is 0 Å². The first-order chi connectivity index (χ1) is 12.3. The topological polar surface area (TPSA) is 53.4 Å². The van der Waals surface area contributed by atoms with Gasteiger partial charge in [-0.2, -0.15) is 0 Å². The highest BCUT2D eigenvalue weighted by atomic mass is 16.3. The molecule has 0 aliphatic rings. The van der Waals surface area contributed by atoms with Crippen LogP contribution in [-0.2, 0) is 6.42 Å². The molecule has 0 saturated heterocycles. The van der Waals surface area contributed by atoms with Crippen molar-refractivity contribution in [1.82, 2.24) is 4.98 Å². The van der Waals surface area contributed by atoms with Crippen LogP contribution in [0.2, 0.25) is 0 Å². The number of phenolic OH excluding ortho intramolecular Hbond substituents is 1. The molecule has 26 heavy (non-hydrogen) atoms. The maximum Gasteiger partial charge on any atom is 0.123 e. The Balaban J connectivity index is 2.96. The van der Waals surface area contributed by atoms with E-state index in [0.29, 0.717) is 0 Å². The number of aromatic hydroxyl groups is 1. The Hall–Kier alpha value is -1.87.